The van der Waals surface area contributed by atoms with Crippen molar-refractivity contribution in [3.05, 3.63) is 59.7 Å². The van der Waals surface area contributed by atoms with E-state index in [0.29, 0.717) is 23.4 Å². The monoisotopic (exact) mass is 439 g/mol. The van der Waals surface area contributed by atoms with Crippen LogP contribution in [0.3, 0.4) is 0 Å². The number of rotatable bonds is 14. The van der Waals surface area contributed by atoms with Crippen molar-refractivity contribution >= 4 is 17.5 Å². The van der Waals surface area contributed by atoms with Crippen LogP contribution in [-0.4, -0.2) is 18.4 Å². The van der Waals surface area contributed by atoms with E-state index in [0.717, 1.165) is 12.2 Å². The van der Waals surface area contributed by atoms with Gasteiger partial charge in [0.1, 0.15) is 5.75 Å². The van der Waals surface area contributed by atoms with Crippen molar-refractivity contribution < 1.29 is 14.3 Å². The highest BCUT2D eigenvalue weighted by Gasteiger charge is 2.09. The molecule has 0 spiro atoms. The van der Waals surface area contributed by atoms with Gasteiger partial charge in [0.25, 0.3) is 11.8 Å². The number of anilines is 1. The van der Waals surface area contributed by atoms with Crippen molar-refractivity contribution in [3.8, 4) is 5.75 Å². The second-order valence-electron chi connectivity index (χ2n) is 8.09. The van der Waals surface area contributed by atoms with Crippen molar-refractivity contribution in [3.63, 3.8) is 0 Å². The predicted octanol–water partition coefficient (Wildman–Crippen LogP) is 5.64. The zero-order valence-electron chi connectivity index (χ0n) is 19.2. The second-order valence-corrected chi connectivity index (χ2v) is 8.09. The average molecular weight is 440 g/mol. The molecule has 0 heterocycles. The minimum Gasteiger partial charge on any atom is -0.494 e. The van der Waals surface area contributed by atoms with Crippen LogP contribution in [0.1, 0.15) is 91.8 Å². The molecule has 0 aliphatic carbocycles. The molecule has 174 valence electrons. The molecule has 0 atom stereocenters. The highest BCUT2D eigenvalue weighted by molar-refractivity contribution is 5.99. The predicted molar refractivity (Wildman–Crippen MR) is 130 cm³/mol. The number of benzene rings is 2. The lowest BCUT2D eigenvalue weighted by Crippen LogP contribution is -2.41. The van der Waals surface area contributed by atoms with Crippen LogP contribution in [0.4, 0.5) is 5.69 Å². The van der Waals surface area contributed by atoms with Crippen LogP contribution in [0.15, 0.2) is 48.5 Å². The third-order valence-electron chi connectivity index (χ3n) is 5.35. The number of nitrogen functional groups attached to an aromatic ring is 1. The molecule has 2 amide bonds. The first-order chi connectivity index (χ1) is 15.6. The Balaban J connectivity index is 1.57. The number of hydrogen-bond donors (Lipinski definition) is 3. The first-order valence-electron chi connectivity index (χ1n) is 11.8. The fraction of sp³-hybridized carbons (Fsp3) is 0.462. The van der Waals surface area contributed by atoms with Crippen LogP contribution in [0, 0.1) is 0 Å². The minimum atomic E-state index is -0.408. The third kappa shape index (κ3) is 9.86. The zero-order chi connectivity index (χ0) is 23.0. The molecule has 0 saturated carbocycles. The van der Waals surface area contributed by atoms with Gasteiger partial charge in [0, 0.05) is 16.8 Å². The van der Waals surface area contributed by atoms with Crippen LogP contribution in [0.25, 0.3) is 0 Å². The van der Waals surface area contributed by atoms with Gasteiger partial charge in [-0.05, 0) is 55.0 Å². The Hall–Kier alpha value is -3.02. The molecule has 6 heteroatoms. The Bertz CT molecular complexity index is 804. The Morgan fingerprint density at radius 2 is 1.12 bits per heavy atom. The van der Waals surface area contributed by atoms with E-state index in [-0.39, 0.29) is 0 Å². The number of amides is 2. The SMILES string of the molecule is CCCCCCCCCCCCOc1ccc(C(=O)NNC(=O)c2ccc(N)cc2)cc1. The zero-order valence-corrected chi connectivity index (χ0v) is 19.2. The summed E-state index contributed by atoms with van der Waals surface area (Å²) in [5.74, 6) is -0.0618. The maximum Gasteiger partial charge on any atom is 0.269 e. The third-order valence-corrected chi connectivity index (χ3v) is 5.35. The fourth-order valence-electron chi connectivity index (χ4n) is 3.37. The number of carbonyl (C=O) groups is 2. The normalized spacial score (nSPS) is 10.5. The minimum absolute atomic E-state index is 0.393. The van der Waals surface area contributed by atoms with E-state index >= 15 is 0 Å². The highest BCUT2D eigenvalue weighted by Crippen LogP contribution is 2.14. The summed E-state index contributed by atoms with van der Waals surface area (Å²) < 4.78 is 5.77. The number of nitrogens with two attached hydrogens (primary N) is 1. The van der Waals surface area contributed by atoms with Gasteiger partial charge >= 0.3 is 0 Å². The molecule has 2 rings (SSSR count). The Labute approximate surface area is 191 Å². The molecule has 32 heavy (non-hydrogen) atoms. The summed E-state index contributed by atoms with van der Waals surface area (Å²) in [5.41, 5.74) is 11.8. The van der Waals surface area contributed by atoms with E-state index in [1.165, 1.54) is 57.8 Å². The summed E-state index contributed by atoms with van der Waals surface area (Å²) in [6.45, 7) is 2.93. The molecule has 0 aliphatic heterocycles. The summed E-state index contributed by atoms with van der Waals surface area (Å²) in [4.78, 5) is 24.3. The van der Waals surface area contributed by atoms with E-state index in [1.807, 2.05) is 0 Å². The van der Waals surface area contributed by atoms with Crippen LogP contribution in [0.5, 0.6) is 5.75 Å². The molecular formula is C26H37N3O3. The highest BCUT2D eigenvalue weighted by atomic mass is 16.5. The summed E-state index contributed by atoms with van der Waals surface area (Å²) in [6.07, 6.45) is 12.9. The summed E-state index contributed by atoms with van der Waals surface area (Å²) >= 11 is 0. The second kappa shape index (κ2) is 14.9. The Kier molecular flexibility index (Phi) is 11.7. The van der Waals surface area contributed by atoms with Gasteiger partial charge in [-0.25, -0.2) is 0 Å². The number of hydrazine groups is 1. The maximum atomic E-state index is 12.2. The van der Waals surface area contributed by atoms with Crippen molar-refractivity contribution in [2.45, 2.75) is 71.1 Å². The van der Waals surface area contributed by atoms with Crippen LogP contribution in [0.2, 0.25) is 0 Å². The lowest BCUT2D eigenvalue weighted by Gasteiger charge is -2.09. The van der Waals surface area contributed by atoms with Gasteiger partial charge in [-0.3, -0.25) is 20.4 Å². The van der Waals surface area contributed by atoms with Crippen molar-refractivity contribution in [2.75, 3.05) is 12.3 Å². The topological polar surface area (TPSA) is 93.5 Å². The largest absolute Gasteiger partial charge is 0.494 e. The number of hydrogen-bond acceptors (Lipinski definition) is 4. The van der Waals surface area contributed by atoms with Gasteiger partial charge < -0.3 is 10.5 Å². The van der Waals surface area contributed by atoms with Crippen LogP contribution < -0.4 is 21.3 Å². The van der Waals surface area contributed by atoms with Crippen molar-refractivity contribution in [1.82, 2.24) is 10.9 Å². The molecule has 4 N–H and O–H groups in total. The number of carbonyl (C=O) groups excluding carboxylic acids is 2. The standard InChI is InChI=1S/C26H37N3O3/c1-2-3-4-5-6-7-8-9-10-11-20-32-24-18-14-22(15-19-24)26(31)29-28-25(30)21-12-16-23(27)17-13-21/h12-19H,2-11,20,27H2,1H3,(H,28,30)(H,29,31). The molecule has 6 nitrogen and oxygen atoms in total. The van der Waals surface area contributed by atoms with Crippen molar-refractivity contribution in [2.24, 2.45) is 0 Å². The van der Waals surface area contributed by atoms with E-state index in [9.17, 15) is 9.59 Å². The Morgan fingerprint density at radius 1 is 0.688 bits per heavy atom. The van der Waals surface area contributed by atoms with Crippen LogP contribution >= 0.6 is 0 Å². The molecule has 0 bridgehead atoms. The lowest BCUT2D eigenvalue weighted by atomic mass is 10.1. The molecule has 0 unspecified atom stereocenters. The van der Waals surface area contributed by atoms with Gasteiger partial charge in [-0.15, -0.1) is 0 Å². The Morgan fingerprint density at radius 3 is 1.62 bits per heavy atom. The number of nitrogens with one attached hydrogen (secondary N) is 2. The summed E-state index contributed by atoms with van der Waals surface area (Å²) in [7, 11) is 0. The van der Waals surface area contributed by atoms with Crippen LogP contribution in [-0.2, 0) is 0 Å². The van der Waals surface area contributed by atoms with Gasteiger partial charge in [-0.2, -0.15) is 0 Å². The molecule has 0 aromatic heterocycles. The van der Waals surface area contributed by atoms with Crippen molar-refractivity contribution in [1.29, 1.82) is 0 Å². The molecule has 0 fully saturated rings. The molecule has 0 radical (unpaired) electrons. The molecular weight excluding hydrogens is 402 g/mol. The summed E-state index contributed by atoms with van der Waals surface area (Å²) in [6, 6.07) is 13.3. The number of ether oxygens (including phenoxy) is 1. The van der Waals surface area contributed by atoms with Gasteiger partial charge in [0.2, 0.25) is 0 Å². The first-order valence-corrected chi connectivity index (χ1v) is 11.8. The molecule has 0 aliphatic rings. The van der Waals surface area contributed by atoms with Gasteiger partial charge in [-0.1, -0.05) is 64.7 Å². The molecule has 2 aromatic rings. The fourth-order valence-corrected chi connectivity index (χ4v) is 3.37. The van der Waals surface area contributed by atoms with E-state index in [4.69, 9.17) is 10.5 Å². The molecule has 2 aromatic carbocycles. The van der Waals surface area contributed by atoms with Gasteiger partial charge in [0.05, 0.1) is 6.61 Å². The van der Waals surface area contributed by atoms with E-state index in [2.05, 4.69) is 17.8 Å². The first kappa shape index (κ1) is 25.2. The molecule has 0 saturated heterocycles. The average Bonchev–Trinajstić information content (AvgIpc) is 2.81. The quantitative estimate of drug-likeness (QED) is 0.202. The lowest BCUT2D eigenvalue weighted by molar-refractivity contribution is 0.0846. The van der Waals surface area contributed by atoms with E-state index in [1.54, 1.807) is 48.5 Å². The summed E-state index contributed by atoms with van der Waals surface area (Å²) in [5, 5.41) is 0. The number of unbranched alkanes of at least 4 members (excludes halogenated alkanes) is 9. The van der Waals surface area contributed by atoms with E-state index < -0.39 is 11.8 Å². The smallest absolute Gasteiger partial charge is 0.269 e. The van der Waals surface area contributed by atoms with Gasteiger partial charge in [0.15, 0.2) is 0 Å². The maximum absolute atomic E-state index is 12.2.